The minimum absolute atomic E-state index is 0.358. The number of anilines is 1. The van der Waals surface area contributed by atoms with E-state index in [9.17, 15) is 9.59 Å². The topological polar surface area (TPSA) is 91.3 Å². The lowest BCUT2D eigenvalue weighted by molar-refractivity contribution is -0.143. The number of hydrogen-bond acceptors (Lipinski definition) is 4. The Bertz CT molecular complexity index is 451. The summed E-state index contributed by atoms with van der Waals surface area (Å²) in [5, 5.41) is 14.5. The van der Waals surface area contributed by atoms with Crippen LogP contribution in [-0.4, -0.2) is 27.6 Å². The average molecular weight is 336 g/mol. The number of carbonyl (C=O) groups excluding carboxylic acids is 1. The Morgan fingerprint density at radius 2 is 2.28 bits per heavy atom. The van der Waals surface area contributed by atoms with E-state index < -0.39 is 17.5 Å². The van der Waals surface area contributed by atoms with E-state index in [2.05, 4.69) is 31.5 Å². The molecule has 0 spiro atoms. The first-order valence-electron chi connectivity index (χ1n) is 5.31. The lowest BCUT2D eigenvalue weighted by atomic mass is 9.97. The molecule has 0 fully saturated rings. The van der Waals surface area contributed by atoms with E-state index in [0.29, 0.717) is 18.0 Å². The number of amides is 2. The molecule has 0 aliphatic carbocycles. The van der Waals surface area contributed by atoms with Crippen LogP contribution in [0.25, 0.3) is 0 Å². The molecule has 0 saturated carbocycles. The van der Waals surface area contributed by atoms with E-state index in [1.54, 1.807) is 6.20 Å². The number of carbonyl (C=O) groups is 2. The van der Waals surface area contributed by atoms with Crippen molar-refractivity contribution in [2.75, 3.05) is 5.32 Å². The standard InChI is InChI=1S/C10H14BrN3O3S/c1-3-4-10(2,7(15)16)14-8(17)13-9-12-5-6(11)18-9/h5H,3-4H2,1-2H3,(H,15,16)(H2,12,13,14,17). The molecule has 0 aromatic carbocycles. The maximum absolute atomic E-state index is 11.7. The van der Waals surface area contributed by atoms with Crippen LogP contribution in [0.3, 0.4) is 0 Å². The number of rotatable bonds is 5. The van der Waals surface area contributed by atoms with Gasteiger partial charge in [0.05, 0.1) is 9.98 Å². The van der Waals surface area contributed by atoms with Gasteiger partial charge in [0.15, 0.2) is 5.13 Å². The van der Waals surface area contributed by atoms with E-state index in [4.69, 9.17) is 5.11 Å². The predicted molar refractivity (Wildman–Crippen MR) is 72.9 cm³/mol. The second-order valence-corrected chi connectivity index (χ2v) is 6.35. The predicted octanol–water partition coefficient (Wildman–Crippen LogP) is 2.67. The molecule has 3 N–H and O–H groups in total. The summed E-state index contributed by atoms with van der Waals surface area (Å²) in [5.41, 5.74) is -1.27. The third-order valence-electron chi connectivity index (χ3n) is 2.31. The lowest BCUT2D eigenvalue weighted by Gasteiger charge is -2.25. The fourth-order valence-corrected chi connectivity index (χ4v) is 2.52. The number of aliphatic carboxylic acids is 1. The largest absolute Gasteiger partial charge is 0.480 e. The summed E-state index contributed by atoms with van der Waals surface area (Å²) in [4.78, 5) is 26.8. The molecular formula is C10H14BrN3O3S. The minimum atomic E-state index is -1.27. The van der Waals surface area contributed by atoms with Gasteiger partial charge in [0.2, 0.25) is 0 Å². The van der Waals surface area contributed by atoms with Crippen LogP contribution in [-0.2, 0) is 4.79 Å². The molecule has 1 unspecified atom stereocenters. The monoisotopic (exact) mass is 335 g/mol. The van der Waals surface area contributed by atoms with Crippen LogP contribution < -0.4 is 10.6 Å². The van der Waals surface area contributed by atoms with E-state index in [0.717, 1.165) is 3.79 Å². The van der Waals surface area contributed by atoms with Crippen LogP contribution in [0.2, 0.25) is 0 Å². The molecule has 0 radical (unpaired) electrons. The summed E-state index contributed by atoms with van der Waals surface area (Å²) in [6, 6.07) is -0.574. The maximum Gasteiger partial charge on any atom is 0.329 e. The number of carboxylic acids is 1. The Hall–Kier alpha value is -1.15. The highest BCUT2D eigenvalue weighted by Gasteiger charge is 2.33. The number of nitrogens with zero attached hydrogens (tertiary/aromatic N) is 1. The first-order chi connectivity index (χ1) is 8.37. The highest BCUT2D eigenvalue weighted by molar-refractivity contribution is 9.11. The van der Waals surface area contributed by atoms with Crippen molar-refractivity contribution in [3.63, 3.8) is 0 Å². The summed E-state index contributed by atoms with van der Waals surface area (Å²) >= 11 is 4.47. The number of nitrogens with one attached hydrogen (secondary N) is 2. The van der Waals surface area contributed by atoms with Gasteiger partial charge in [0, 0.05) is 0 Å². The maximum atomic E-state index is 11.7. The van der Waals surface area contributed by atoms with Gasteiger partial charge in [-0.1, -0.05) is 24.7 Å². The van der Waals surface area contributed by atoms with Crippen molar-refractivity contribution in [1.29, 1.82) is 0 Å². The highest BCUT2D eigenvalue weighted by Crippen LogP contribution is 2.23. The number of hydrogen-bond donors (Lipinski definition) is 3. The Balaban J connectivity index is 2.65. The van der Waals surface area contributed by atoms with Crippen molar-refractivity contribution in [1.82, 2.24) is 10.3 Å². The van der Waals surface area contributed by atoms with Crippen molar-refractivity contribution in [2.24, 2.45) is 0 Å². The van der Waals surface area contributed by atoms with E-state index in [1.165, 1.54) is 18.3 Å². The number of halogens is 1. The van der Waals surface area contributed by atoms with Crippen molar-refractivity contribution in [2.45, 2.75) is 32.2 Å². The van der Waals surface area contributed by atoms with Gasteiger partial charge in [-0.2, -0.15) is 0 Å². The van der Waals surface area contributed by atoms with Crippen molar-refractivity contribution < 1.29 is 14.7 Å². The molecule has 6 nitrogen and oxygen atoms in total. The molecular weight excluding hydrogens is 322 g/mol. The van der Waals surface area contributed by atoms with Crippen LogP contribution in [0.15, 0.2) is 9.98 Å². The van der Waals surface area contributed by atoms with Gasteiger partial charge in [-0.25, -0.2) is 14.6 Å². The van der Waals surface area contributed by atoms with E-state index >= 15 is 0 Å². The van der Waals surface area contributed by atoms with E-state index in [1.807, 2.05) is 6.92 Å². The normalized spacial score (nSPS) is 13.7. The first kappa shape index (κ1) is 14.9. The summed E-state index contributed by atoms with van der Waals surface area (Å²) < 4.78 is 0.785. The zero-order valence-corrected chi connectivity index (χ0v) is 12.4. The Morgan fingerprint density at radius 3 is 2.72 bits per heavy atom. The molecule has 1 aromatic heterocycles. The van der Waals surface area contributed by atoms with Gasteiger partial charge in [0.25, 0.3) is 0 Å². The van der Waals surface area contributed by atoms with Gasteiger partial charge in [-0.3, -0.25) is 5.32 Å². The van der Waals surface area contributed by atoms with Crippen LogP contribution in [0.1, 0.15) is 26.7 Å². The van der Waals surface area contributed by atoms with Crippen molar-refractivity contribution in [3.8, 4) is 0 Å². The lowest BCUT2D eigenvalue weighted by Crippen LogP contribution is -2.53. The quantitative estimate of drug-likeness (QED) is 0.771. The van der Waals surface area contributed by atoms with Crippen molar-refractivity contribution in [3.05, 3.63) is 9.98 Å². The number of carboxylic acid groups (broad SMARTS) is 1. The number of aromatic nitrogens is 1. The van der Waals surface area contributed by atoms with Crippen LogP contribution in [0.5, 0.6) is 0 Å². The van der Waals surface area contributed by atoms with Crippen LogP contribution in [0, 0.1) is 0 Å². The van der Waals surface area contributed by atoms with Gasteiger partial charge in [0.1, 0.15) is 5.54 Å². The molecule has 0 aliphatic heterocycles. The van der Waals surface area contributed by atoms with Crippen LogP contribution >= 0.6 is 27.3 Å². The smallest absolute Gasteiger partial charge is 0.329 e. The zero-order valence-electron chi connectivity index (χ0n) is 9.99. The Morgan fingerprint density at radius 1 is 1.61 bits per heavy atom. The molecule has 1 rings (SSSR count). The minimum Gasteiger partial charge on any atom is -0.480 e. The molecule has 0 saturated heterocycles. The molecule has 0 bridgehead atoms. The van der Waals surface area contributed by atoms with Gasteiger partial charge >= 0.3 is 12.0 Å². The van der Waals surface area contributed by atoms with Gasteiger partial charge < -0.3 is 10.4 Å². The van der Waals surface area contributed by atoms with Gasteiger partial charge in [-0.15, -0.1) is 0 Å². The number of thiazole rings is 1. The third kappa shape index (κ3) is 3.95. The summed E-state index contributed by atoms with van der Waals surface area (Å²) in [6.45, 7) is 3.34. The Kier molecular flexibility index (Phi) is 5.09. The molecule has 8 heteroatoms. The Labute approximate surface area is 117 Å². The molecule has 0 aliphatic rings. The third-order valence-corrected chi connectivity index (χ3v) is 3.70. The molecule has 100 valence electrons. The fraction of sp³-hybridized carbons (Fsp3) is 0.500. The second-order valence-electron chi connectivity index (χ2n) is 3.94. The molecule has 1 heterocycles. The molecule has 1 aromatic rings. The first-order valence-corrected chi connectivity index (χ1v) is 6.92. The molecule has 1 atom stereocenters. The summed E-state index contributed by atoms with van der Waals surface area (Å²) in [5.74, 6) is -1.06. The molecule has 18 heavy (non-hydrogen) atoms. The van der Waals surface area contributed by atoms with Crippen LogP contribution in [0.4, 0.5) is 9.93 Å². The summed E-state index contributed by atoms with van der Waals surface area (Å²) in [7, 11) is 0. The highest BCUT2D eigenvalue weighted by atomic mass is 79.9. The van der Waals surface area contributed by atoms with Crippen molar-refractivity contribution >= 4 is 44.4 Å². The second kappa shape index (κ2) is 6.14. The number of urea groups is 1. The SMILES string of the molecule is CCCC(C)(NC(=O)Nc1ncc(Br)s1)C(=O)O. The summed E-state index contributed by atoms with van der Waals surface area (Å²) in [6.07, 6.45) is 2.58. The fourth-order valence-electron chi connectivity index (χ4n) is 1.41. The molecule has 2 amide bonds. The van der Waals surface area contributed by atoms with Gasteiger partial charge in [-0.05, 0) is 29.3 Å². The van der Waals surface area contributed by atoms with E-state index in [-0.39, 0.29) is 0 Å². The average Bonchev–Trinajstić information content (AvgIpc) is 2.63. The zero-order chi connectivity index (χ0) is 13.8.